The fourth-order valence-electron chi connectivity index (χ4n) is 1.31. The highest BCUT2D eigenvalue weighted by Gasteiger charge is 2.17. The third kappa shape index (κ3) is 2.58. The van der Waals surface area contributed by atoms with Crippen LogP contribution in [0.4, 0.5) is 0 Å². The fourth-order valence-corrected chi connectivity index (χ4v) is 2.23. The first kappa shape index (κ1) is 9.69. The van der Waals surface area contributed by atoms with Gasteiger partial charge in [-0.2, -0.15) is 0 Å². The molecule has 1 aliphatic rings. The number of rotatable bonds is 4. The molecule has 12 heavy (non-hydrogen) atoms. The Morgan fingerprint density at radius 1 is 1.58 bits per heavy atom. The van der Waals surface area contributed by atoms with Crippen molar-refractivity contribution in [1.82, 2.24) is 4.90 Å². The van der Waals surface area contributed by atoms with Gasteiger partial charge in [-0.15, -0.1) is 0 Å². The smallest absolute Gasteiger partial charge is 0.157 e. The summed E-state index contributed by atoms with van der Waals surface area (Å²) in [5, 5.41) is 0.811. The van der Waals surface area contributed by atoms with Crippen LogP contribution in [0.5, 0.6) is 0 Å². The quantitative estimate of drug-likeness (QED) is 0.493. The van der Waals surface area contributed by atoms with Gasteiger partial charge in [0.05, 0.1) is 0 Å². The van der Waals surface area contributed by atoms with Crippen LogP contribution in [0.15, 0.2) is 5.03 Å². The molecule has 0 unspecified atom stereocenters. The summed E-state index contributed by atoms with van der Waals surface area (Å²) in [6.45, 7) is 4.25. The summed E-state index contributed by atoms with van der Waals surface area (Å²) in [7, 11) is 0. The second-order valence-corrected chi connectivity index (χ2v) is 4.03. The van der Waals surface area contributed by atoms with E-state index in [2.05, 4.69) is 11.8 Å². The molecule has 2 nitrogen and oxygen atoms in total. The van der Waals surface area contributed by atoms with Crippen LogP contribution in [0.1, 0.15) is 26.2 Å². The Labute approximate surface area is 78.0 Å². The van der Waals surface area contributed by atoms with Crippen molar-refractivity contribution >= 4 is 17.7 Å². The van der Waals surface area contributed by atoms with E-state index in [1.807, 2.05) is 5.94 Å². The lowest BCUT2D eigenvalue weighted by Crippen LogP contribution is -2.19. The number of unbranched alkanes of at least 4 members (excludes halogenated alkanes) is 2. The Hall–Kier alpha value is -0.400. The second-order valence-electron chi connectivity index (χ2n) is 2.95. The lowest BCUT2D eigenvalue weighted by atomic mass is 10.2. The number of nitrogens with zero attached hydrogens (tertiary/aromatic N) is 1. The Balaban J connectivity index is 2.27. The van der Waals surface area contributed by atoms with Gasteiger partial charge < -0.3 is 4.90 Å². The van der Waals surface area contributed by atoms with Crippen molar-refractivity contribution < 1.29 is 4.79 Å². The molecular formula is C9H15NOS. The molecule has 0 atom stereocenters. The second kappa shape index (κ2) is 5.28. The molecule has 1 heterocycles. The minimum absolute atomic E-state index is 0.811. The molecular weight excluding hydrogens is 170 g/mol. The van der Waals surface area contributed by atoms with Gasteiger partial charge >= 0.3 is 0 Å². The van der Waals surface area contributed by atoms with Gasteiger partial charge in [0.25, 0.3) is 0 Å². The van der Waals surface area contributed by atoms with Gasteiger partial charge in [-0.3, -0.25) is 0 Å². The number of thioether (sulfide) groups is 1. The Bertz CT molecular complexity index is 187. The average Bonchev–Trinajstić information content (AvgIpc) is 2.52. The molecule has 0 aromatic rings. The zero-order chi connectivity index (χ0) is 8.81. The summed E-state index contributed by atoms with van der Waals surface area (Å²) < 4.78 is 0. The van der Waals surface area contributed by atoms with Crippen molar-refractivity contribution in [3.63, 3.8) is 0 Å². The Morgan fingerprint density at radius 2 is 2.42 bits per heavy atom. The van der Waals surface area contributed by atoms with Crippen LogP contribution in [0, 0.1) is 0 Å². The first-order chi connectivity index (χ1) is 5.88. The van der Waals surface area contributed by atoms with E-state index in [1.54, 1.807) is 11.8 Å². The van der Waals surface area contributed by atoms with Gasteiger partial charge in [0.2, 0.25) is 0 Å². The standard InChI is InChI=1S/C9H15NOS/c1-2-3-4-5-10-6-7-12-9(10)8-11/h2-7H2,1H3. The van der Waals surface area contributed by atoms with E-state index in [0.717, 1.165) is 23.9 Å². The van der Waals surface area contributed by atoms with Crippen LogP contribution in [-0.2, 0) is 4.79 Å². The van der Waals surface area contributed by atoms with Crippen molar-refractivity contribution in [2.75, 3.05) is 18.8 Å². The van der Waals surface area contributed by atoms with E-state index in [9.17, 15) is 4.79 Å². The van der Waals surface area contributed by atoms with Gasteiger partial charge in [-0.1, -0.05) is 31.5 Å². The van der Waals surface area contributed by atoms with Crippen LogP contribution in [0.25, 0.3) is 0 Å². The van der Waals surface area contributed by atoms with Crippen molar-refractivity contribution in [2.24, 2.45) is 0 Å². The molecule has 0 bridgehead atoms. The molecule has 0 spiro atoms. The van der Waals surface area contributed by atoms with Crippen LogP contribution < -0.4 is 0 Å². The predicted octanol–water partition coefficient (Wildman–Crippen LogP) is 1.90. The highest BCUT2D eigenvalue weighted by atomic mass is 32.2. The summed E-state index contributed by atoms with van der Waals surface area (Å²) in [6.07, 6.45) is 3.69. The van der Waals surface area contributed by atoms with Gasteiger partial charge in [0.15, 0.2) is 11.0 Å². The number of carbonyl (C=O) groups excluding carboxylic acids is 1. The summed E-state index contributed by atoms with van der Waals surface area (Å²) in [4.78, 5) is 12.6. The van der Waals surface area contributed by atoms with Crippen molar-refractivity contribution in [1.29, 1.82) is 0 Å². The van der Waals surface area contributed by atoms with Gasteiger partial charge in [0, 0.05) is 18.8 Å². The minimum atomic E-state index is 0.811. The van der Waals surface area contributed by atoms with E-state index < -0.39 is 0 Å². The van der Waals surface area contributed by atoms with Crippen LogP contribution in [-0.4, -0.2) is 29.7 Å². The Kier molecular flexibility index (Phi) is 4.26. The lowest BCUT2D eigenvalue weighted by Gasteiger charge is -2.15. The van der Waals surface area contributed by atoms with E-state index in [-0.39, 0.29) is 0 Å². The zero-order valence-corrected chi connectivity index (χ0v) is 8.32. The third-order valence-corrected chi connectivity index (χ3v) is 3.01. The molecule has 1 fully saturated rings. The van der Waals surface area contributed by atoms with Crippen LogP contribution in [0.2, 0.25) is 0 Å². The number of hydrogen-bond donors (Lipinski definition) is 0. The van der Waals surface area contributed by atoms with Crippen molar-refractivity contribution in [3.8, 4) is 0 Å². The van der Waals surface area contributed by atoms with E-state index >= 15 is 0 Å². The normalized spacial score (nSPS) is 16.8. The maximum absolute atomic E-state index is 10.4. The third-order valence-electron chi connectivity index (χ3n) is 2.01. The molecule has 0 saturated carbocycles. The fraction of sp³-hybridized carbons (Fsp3) is 0.778. The number of hydrogen-bond acceptors (Lipinski definition) is 3. The molecule has 1 rings (SSSR count). The van der Waals surface area contributed by atoms with E-state index in [0.29, 0.717) is 0 Å². The monoisotopic (exact) mass is 185 g/mol. The molecule has 0 N–H and O–H groups in total. The van der Waals surface area contributed by atoms with Crippen LogP contribution >= 0.6 is 11.8 Å². The molecule has 3 heteroatoms. The molecule has 1 saturated heterocycles. The molecule has 0 amide bonds. The molecule has 0 aliphatic carbocycles. The first-order valence-corrected chi connectivity index (χ1v) is 5.50. The molecule has 1 aliphatic heterocycles. The summed E-state index contributed by atoms with van der Waals surface area (Å²) >= 11 is 1.63. The van der Waals surface area contributed by atoms with E-state index in [4.69, 9.17) is 0 Å². The first-order valence-electron chi connectivity index (χ1n) is 4.51. The topological polar surface area (TPSA) is 20.3 Å². The molecule has 0 radical (unpaired) electrons. The highest BCUT2D eigenvalue weighted by Crippen LogP contribution is 2.25. The minimum Gasteiger partial charge on any atom is -0.356 e. The van der Waals surface area contributed by atoms with Gasteiger partial charge in [-0.05, 0) is 6.42 Å². The molecule has 0 aromatic heterocycles. The van der Waals surface area contributed by atoms with E-state index in [1.165, 1.54) is 19.3 Å². The average molecular weight is 185 g/mol. The maximum atomic E-state index is 10.4. The predicted molar refractivity (Wildman–Crippen MR) is 52.8 cm³/mol. The zero-order valence-electron chi connectivity index (χ0n) is 7.51. The highest BCUT2D eigenvalue weighted by molar-refractivity contribution is 8.03. The lowest BCUT2D eigenvalue weighted by molar-refractivity contribution is 0.388. The molecule has 0 aromatic carbocycles. The summed E-state index contributed by atoms with van der Waals surface area (Å²) in [5.74, 6) is 3.05. The van der Waals surface area contributed by atoms with Crippen molar-refractivity contribution in [3.05, 3.63) is 5.03 Å². The maximum Gasteiger partial charge on any atom is 0.157 e. The van der Waals surface area contributed by atoms with Crippen molar-refractivity contribution in [2.45, 2.75) is 26.2 Å². The van der Waals surface area contributed by atoms with Gasteiger partial charge in [-0.25, -0.2) is 4.79 Å². The molecule has 68 valence electrons. The SMILES string of the molecule is CCCCCN1CCSC1=C=O. The van der Waals surface area contributed by atoms with Gasteiger partial charge in [0.1, 0.15) is 0 Å². The Morgan fingerprint density at radius 3 is 3.08 bits per heavy atom. The summed E-state index contributed by atoms with van der Waals surface area (Å²) in [6, 6.07) is 0. The largest absolute Gasteiger partial charge is 0.356 e. The van der Waals surface area contributed by atoms with Crippen LogP contribution in [0.3, 0.4) is 0 Å². The summed E-state index contributed by atoms with van der Waals surface area (Å²) in [5.41, 5.74) is 0.